The van der Waals surface area contributed by atoms with E-state index in [9.17, 15) is 8.42 Å². The summed E-state index contributed by atoms with van der Waals surface area (Å²) in [7, 11) is -3.45. The lowest BCUT2D eigenvalue weighted by Gasteiger charge is -2.09. The number of rotatable bonds is 6. The van der Waals surface area contributed by atoms with Crippen molar-refractivity contribution in [2.75, 3.05) is 22.8 Å². The summed E-state index contributed by atoms with van der Waals surface area (Å²) < 4.78 is 30.5. The predicted molar refractivity (Wildman–Crippen MR) is 61.5 cm³/mol. The second-order valence-electron chi connectivity index (χ2n) is 3.54. The summed E-state index contributed by atoms with van der Waals surface area (Å²) in [5.74, 6) is 0.0634. The van der Waals surface area contributed by atoms with Crippen molar-refractivity contribution in [3.8, 4) is 0 Å². The molecule has 1 rings (SSSR count). The first kappa shape index (κ1) is 12.8. The molecule has 0 unspecified atom stereocenters. The highest BCUT2D eigenvalue weighted by Gasteiger charge is 2.13. The summed E-state index contributed by atoms with van der Waals surface area (Å²) in [6.45, 7) is 3.82. The second kappa shape index (κ2) is 5.17. The van der Waals surface area contributed by atoms with E-state index in [1.54, 1.807) is 0 Å². The minimum atomic E-state index is -3.45. The molecule has 0 bridgehead atoms. The van der Waals surface area contributed by atoms with Gasteiger partial charge >= 0.3 is 0 Å². The van der Waals surface area contributed by atoms with Gasteiger partial charge in [-0.15, -0.1) is 0 Å². The van der Waals surface area contributed by atoms with Crippen LogP contribution in [0.4, 0.5) is 11.5 Å². The van der Waals surface area contributed by atoms with Gasteiger partial charge in [0.05, 0.1) is 30.3 Å². The Morgan fingerprint density at radius 3 is 2.81 bits per heavy atom. The van der Waals surface area contributed by atoms with Crippen LogP contribution in [-0.4, -0.2) is 37.1 Å². The highest BCUT2D eigenvalue weighted by Crippen LogP contribution is 2.14. The fourth-order valence-corrected chi connectivity index (χ4v) is 1.87. The van der Waals surface area contributed by atoms with Crippen LogP contribution in [0.3, 0.4) is 0 Å². The Morgan fingerprint density at radius 2 is 2.31 bits per heavy atom. The Kier molecular flexibility index (Phi) is 4.13. The van der Waals surface area contributed by atoms with E-state index in [0.717, 1.165) is 0 Å². The Balaban J connectivity index is 2.50. The average molecular weight is 248 g/mol. The van der Waals surface area contributed by atoms with E-state index in [4.69, 9.17) is 10.5 Å². The number of anilines is 2. The van der Waals surface area contributed by atoms with E-state index in [-0.39, 0.29) is 30.0 Å². The molecule has 0 aromatic carbocycles. The van der Waals surface area contributed by atoms with Gasteiger partial charge in [-0.3, -0.25) is 9.82 Å². The van der Waals surface area contributed by atoms with Crippen molar-refractivity contribution in [2.45, 2.75) is 20.0 Å². The number of nitrogens with two attached hydrogens (primary N) is 1. The van der Waals surface area contributed by atoms with Gasteiger partial charge in [-0.1, -0.05) is 0 Å². The molecule has 0 spiro atoms. The first-order valence-corrected chi connectivity index (χ1v) is 6.47. The summed E-state index contributed by atoms with van der Waals surface area (Å²) >= 11 is 0. The summed E-state index contributed by atoms with van der Waals surface area (Å²) in [6.07, 6.45) is 1.34. The lowest BCUT2D eigenvalue weighted by molar-refractivity contribution is 0.0913. The molecule has 1 heterocycles. The third-order valence-corrected chi connectivity index (χ3v) is 2.95. The molecule has 0 amide bonds. The number of H-pyrrole nitrogens is 1. The van der Waals surface area contributed by atoms with Gasteiger partial charge in [0, 0.05) is 0 Å². The molecule has 7 nitrogen and oxygen atoms in total. The molecule has 8 heteroatoms. The minimum Gasteiger partial charge on any atom is -0.394 e. The van der Waals surface area contributed by atoms with E-state index in [1.165, 1.54) is 6.20 Å². The van der Waals surface area contributed by atoms with E-state index >= 15 is 0 Å². The monoisotopic (exact) mass is 248 g/mol. The van der Waals surface area contributed by atoms with Gasteiger partial charge in [0.1, 0.15) is 0 Å². The molecular formula is C8H16N4O3S. The van der Waals surface area contributed by atoms with E-state index < -0.39 is 10.0 Å². The average Bonchev–Trinajstić information content (AvgIpc) is 2.50. The van der Waals surface area contributed by atoms with Gasteiger partial charge in [0.2, 0.25) is 10.0 Å². The van der Waals surface area contributed by atoms with Crippen LogP contribution in [0.1, 0.15) is 13.8 Å². The molecule has 1 aromatic rings. The Labute approximate surface area is 94.4 Å². The van der Waals surface area contributed by atoms with Gasteiger partial charge in [-0.05, 0) is 13.8 Å². The zero-order valence-corrected chi connectivity index (χ0v) is 10.0. The maximum atomic E-state index is 11.5. The SMILES string of the molecule is CC(C)OCCS(=O)(=O)Nc1[nH]ncc1N. The van der Waals surface area contributed by atoms with Crippen molar-refractivity contribution in [2.24, 2.45) is 0 Å². The van der Waals surface area contributed by atoms with Gasteiger partial charge in [-0.25, -0.2) is 8.42 Å². The largest absolute Gasteiger partial charge is 0.394 e. The van der Waals surface area contributed by atoms with Crippen LogP contribution >= 0.6 is 0 Å². The van der Waals surface area contributed by atoms with Gasteiger partial charge in [0.15, 0.2) is 5.82 Å². The predicted octanol–water partition coefficient (Wildman–Crippen LogP) is 0.159. The van der Waals surface area contributed by atoms with E-state index in [1.807, 2.05) is 13.8 Å². The number of sulfonamides is 1. The Bertz CT molecular complexity index is 426. The zero-order valence-electron chi connectivity index (χ0n) is 9.23. The summed E-state index contributed by atoms with van der Waals surface area (Å²) in [6, 6.07) is 0. The van der Waals surface area contributed by atoms with Crippen molar-refractivity contribution < 1.29 is 13.2 Å². The highest BCUT2D eigenvalue weighted by atomic mass is 32.2. The molecule has 0 saturated carbocycles. The molecule has 16 heavy (non-hydrogen) atoms. The maximum Gasteiger partial charge on any atom is 0.236 e. The molecular weight excluding hydrogens is 232 g/mol. The number of nitrogens with zero attached hydrogens (tertiary/aromatic N) is 1. The van der Waals surface area contributed by atoms with Crippen LogP contribution in [0.25, 0.3) is 0 Å². The smallest absolute Gasteiger partial charge is 0.236 e. The summed E-state index contributed by atoms with van der Waals surface area (Å²) in [4.78, 5) is 0. The molecule has 0 saturated heterocycles. The van der Waals surface area contributed by atoms with Gasteiger partial charge in [-0.2, -0.15) is 5.10 Å². The molecule has 0 radical (unpaired) electrons. The molecule has 0 aliphatic heterocycles. The highest BCUT2D eigenvalue weighted by molar-refractivity contribution is 7.92. The summed E-state index contributed by atoms with van der Waals surface area (Å²) in [5, 5.41) is 6.06. The number of hydrogen-bond acceptors (Lipinski definition) is 5. The quantitative estimate of drug-likeness (QED) is 0.664. The van der Waals surface area contributed by atoms with Crippen LogP contribution in [-0.2, 0) is 14.8 Å². The molecule has 92 valence electrons. The fraction of sp³-hybridized carbons (Fsp3) is 0.625. The van der Waals surface area contributed by atoms with Crippen LogP contribution in [0.5, 0.6) is 0 Å². The molecule has 0 atom stereocenters. The third-order valence-electron chi connectivity index (χ3n) is 1.73. The number of ether oxygens (including phenoxy) is 1. The van der Waals surface area contributed by atoms with Crippen molar-refractivity contribution in [3.05, 3.63) is 6.20 Å². The first-order chi connectivity index (χ1) is 7.41. The lowest BCUT2D eigenvalue weighted by Crippen LogP contribution is -2.22. The van der Waals surface area contributed by atoms with Gasteiger partial charge in [0.25, 0.3) is 0 Å². The number of aromatic amines is 1. The summed E-state index contributed by atoms with van der Waals surface area (Å²) in [5.41, 5.74) is 5.73. The molecule has 0 aliphatic rings. The van der Waals surface area contributed by atoms with Gasteiger partial charge < -0.3 is 10.5 Å². The molecule has 1 aromatic heterocycles. The number of nitrogens with one attached hydrogen (secondary N) is 2. The molecule has 4 N–H and O–H groups in total. The maximum absolute atomic E-state index is 11.5. The lowest BCUT2D eigenvalue weighted by atomic mass is 10.5. The zero-order chi connectivity index (χ0) is 12.2. The first-order valence-electron chi connectivity index (χ1n) is 4.81. The van der Waals surface area contributed by atoms with Crippen molar-refractivity contribution in [3.63, 3.8) is 0 Å². The van der Waals surface area contributed by atoms with Crippen LogP contribution in [0.2, 0.25) is 0 Å². The van der Waals surface area contributed by atoms with Crippen molar-refractivity contribution in [1.29, 1.82) is 0 Å². The Morgan fingerprint density at radius 1 is 1.62 bits per heavy atom. The second-order valence-corrected chi connectivity index (χ2v) is 5.38. The minimum absolute atomic E-state index is 0.00687. The standard InChI is InChI=1S/C8H16N4O3S/c1-6(2)15-3-4-16(13,14)12-8-7(9)5-10-11-8/h5-6H,3-4,9H2,1-2H3,(H2,10,11,12). The van der Waals surface area contributed by atoms with Crippen molar-refractivity contribution in [1.82, 2.24) is 10.2 Å². The Hall–Kier alpha value is -1.28. The fourth-order valence-electron chi connectivity index (χ4n) is 0.977. The van der Waals surface area contributed by atoms with Crippen LogP contribution in [0, 0.1) is 0 Å². The van der Waals surface area contributed by atoms with E-state index in [0.29, 0.717) is 0 Å². The third kappa shape index (κ3) is 4.07. The number of aromatic nitrogens is 2. The molecule has 0 fully saturated rings. The van der Waals surface area contributed by atoms with Crippen LogP contribution < -0.4 is 10.5 Å². The van der Waals surface area contributed by atoms with Crippen LogP contribution in [0.15, 0.2) is 6.20 Å². The normalized spacial score (nSPS) is 11.9. The number of nitrogen functional groups attached to an aromatic ring is 1. The van der Waals surface area contributed by atoms with E-state index in [2.05, 4.69) is 14.9 Å². The van der Waals surface area contributed by atoms with Crippen molar-refractivity contribution >= 4 is 21.5 Å². The topological polar surface area (TPSA) is 110 Å². The molecule has 0 aliphatic carbocycles. The number of hydrogen-bond donors (Lipinski definition) is 3.